The van der Waals surface area contributed by atoms with Gasteiger partial charge in [0.15, 0.2) is 12.0 Å². The van der Waals surface area contributed by atoms with Gasteiger partial charge in [-0.25, -0.2) is 9.37 Å². The zero-order valence-electron chi connectivity index (χ0n) is 7.37. The van der Waals surface area contributed by atoms with Gasteiger partial charge in [0.25, 0.3) is 0 Å². The molecule has 1 rings (SSSR count). The molecule has 0 unspecified atom stereocenters. The van der Waals surface area contributed by atoms with Gasteiger partial charge in [-0.2, -0.15) is 0 Å². The number of halogens is 1. The predicted octanol–water partition coefficient (Wildman–Crippen LogP) is 1.18. The first-order valence-corrected chi connectivity index (χ1v) is 3.72. The zero-order chi connectivity index (χ0) is 10.1. The molecule has 0 spiro atoms. The minimum absolute atomic E-state index is 0.0535. The van der Waals surface area contributed by atoms with Gasteiger partial charge in [-0.15, -0.1) is 0 Å². The zero-order valence-corrected chi connectivity index (χ0v) is 7.37. The van der Waals surface area contributed by atoms with E-state index < -0.39 is 12.3 Å². The van der Waals surface area contributed by atoms with Crippen molar-refractivity contribution in [2.75, 3.05) is 0 Å². The molecule has 1 aromatic rings. The summed E-state index contributed by atoms with van der Waals surface area (Å²) in [6, 6.07) is 0. The van der Waals surface area contributed by atoms with Crippen LogP contribution in [0.15, 0.2) is 4.42 Å². The molecule has 0 saturated carbocycles. The minimum Gasteiger partial charge on any atom is -0.434 e. The van der Waals surface area contributed by atoms with E-state index in [1.54, 1.807) is 0 Å². The number of aliphatic hydroxyl groups is 1. The molecule has 0 aliphatic rings. The second kappa shape index (κ2) is 3.26. The Labute approximate surface area is 74.4 Å². The van der Waals surface area contributed by atoms with E-state index >= 15 is 0 Å². The Morgan fingerprint density at radius 1 is 1.69 bits per heavy atom. The number of carbonyl (C=O) groups is 1. The van der Waals surface area contributed by atoms with Crippen molar-refractivity contribution in [2.24, 2.45) is 0 Å². The molecule has 0 aliphatic heterocycles. The van der Waals surface area contributed by atoms with Crippen LogP contribution in [0.5, 0.6) is 0 Å². The van der Waals surface area contributed by atoms with Gasteiger partial charge in [-0.05, 0) is 13.8 Å². The lowest BCUT2D eigenvalue weighted by Gasteiger charge is -2.10. The van der Waals surface area contributed by atoms with Crippen molar-refractivity contribution in [1.82, 2.24) is 4.98 Å². The number of alkyl halides is 1. The van der Waals surface area contributed by atoms with Crippen LogP contribution in [0.25, 0.3) is 0 Å². The summed E-state index contributed by atoms with van der Waals surface area (Å²) >= 11 is 0. The van der Waals surface area contributed by atoms with Crippen molar-refractivity contribution in [2.45, 2.75) is 26.1 Å². The van der Waals surface area contributed by atoms with E-state index in [-0.39, 0.29) is 17.3 Å². The molecular weight excluding hydrogens is 177 g/mol. The number of aldehydes is 1. The van der Waals surface area contributed by atoms with Crippen molar-refractivity contribution in [3.63, 3.8) is 0 Å². The molecule has 0 bridgehead atoms. The Morgan fingerprint density at radius 3 is 2.62 bits per heavy atom. The lowest BCUT2D eigenvalue weighted by atomic mass is 10.1. The topological polar surface area (TPSA) is 63.3 Å². The van der Waals surface area contributed by atoms with E-state index in [1.165, 1.54) is 13.8 Å². The third-order valence-electron chi connectivity index (χ3n) is 1.48. The maximum atomic E-state index is 12.2. The highest BCUT2D eigenvalue weighted by molar-refractivity contribution is 5.72. The fraction of sp³-hybridized carbons (Fsp3) is 0.500. The highest BCUT2D eigenvalue weighted by Gasteiger charge is 2.25. The summed E-state index contributed by atoms with van der Waals surface area (Å²) in [7, 11) is 0. The van der Waals surface area contributed by atoms with E-state index in [9.17, 15) is 14.3 Å². The van der Waals surface area contributed by atoms with Gasteiger partial charge in [0, 0.05) is 0 Å². The fourth-order valence-corrected chi connectivity index (χ4v) is 0.813. The van der Waals surface area contributed by atoms with Gasteiger partial charge in [-0.3, -0.25) is 4.79 Å². The van der Waals surface area contributed by atoms with E-state index in [1.807, 2.05) is 0 Å². The summed E-state index contributed by atoms with van der Waals surface area (Å²) in [5.74, 6) is -0.220. The third kappa shape index (κ3) is 1.92. The molecule has 0 amide bonds. The number of hydrogen-bond acceptors (Lipinski definition) is 4. The van der Waals surface area contributed by atoms with Crippen molar-refractivity contribution in [3.8, 4) is 0 Å². The quantitative estimate of drug-likeness (QED) is 0.722. The number of carbonyl (C=O) groups excluding carboxylic acids is 1. The first-order valence-electron chi connectivity index (χ1n) is 3.72. The highest BCUT2D eigenvalue weighted by atomic mass is 19.1. The van der Waals surface area contributed by atoms with Gasteiger partial charge in [0.05, 0.1) is 0 Å². The largest absolute Gasteiger partial charge is 0.434 e. The first-order chi connectivity index (χ1) is 5.99. The standard InChI is InChI=1S/C8H10FNO3/c1-8(2,12)7-10-5(3-9)6(4-11)13-7/h4,12H,3H2,1-2H3. The molecule has 72 valence electrons. The van der Waals surface area contributed by atoms with Crippen molar-refractivity contribution in [3.05, 3.63) is 17.3 Å². The number of aromatic nitrogens is 1. The molecular formula is C8H10FNO3. The van der Waals surface area contributed by atoms with E-state index in [0.717, 1.165) is 0 Å². The highest BCUT2D eigenvalue weighted by Crippen LogP contribution is 2.21. The molecule has 0 aromatic carbocycles. The molecule has 1 aromatic heterocycles. The Hall–Kier alpha value is -1.23. The van der Waals surface area contributed by atoms with Gasteiger partial charge in [0.1, 0.15) is 18.0 Å². The van der Waals surface area contributed by atoms with Crippen LogP contribution in [0.4, 0.5) is 4.39 Å². The van der Waals surface area contributed by atoms with E-state index in [2.05, 4.69) is 4.98 Å². The molecule has 0 aliphatic carbocycles. The van der Waals surface area contributed by atoms with Gasteiger partial charge in [-0.1, -0.05) is 0 Å². The second-order valence-corrected chi connectivity index (χ2v) is 3.14. The molecule has 5 heteroatoms. The van der Waals surface area contributed by atoms with Gasteiger partial charge < -0.3 is 9.52 Å². The molecule has 0 radical (unpaired) electrons. The van der Waals surface area contributed by atoms with Crippen molar-refractivity contribution < 1.29 is 18.7 Å². The maximum absolute atomic E-state index is 12.2. The van der Waals surface area contributed by atoms with Crippen LogP contribution in [0.3, 0.4) is 0 Å². The van der Waals surface area contributed by atoms with Crippen LogP contribution in [0.2, 0.25) is 0 Å². The molecule has 1 heterocycles. The van der Waals surface area contributed by atoms with Crippen LogP contribution >= 0.6 is 0 Å². The molecule has 4 nitrogen and oxygen atoms in total. The average Bonchev–Trinajstić information content (AvgIpc) is 2.45. The van der Waals surface area contributed by atoms with Crippen LogP contribution < -0.4 is 0 Å². The summed E-state index contributed by atoms with van der Waals surface area (Å²) < 4.78 is 17.1. The van der Waals surface area contributed by atoms with Gasteiger partial charge >= 0.3 is 0 Å². The Morgan fingerprint density at radius 2 is 2.31 bits per heavy atom. The van der Waals surface area contributed by atoms with Crippen molar-refractivity contribution >= 4 is 6.29 Å². The third-order valence-corrected chi connectivity index (χ3v) is 1.48. The van der Waals surface area contributed by atoms with Crippen LogP contribution in [0.1, 0.15) is 36.0 Å². The van der Waals surface area contributed by atoms with E-state index in [0.29, 0.717) is 6.29 Å². The average molecular weight is 187 g/mol. The summed E-state index contributed by atoms with van der Waals surface area (Å²) in [5, 5.41) is 9.42. The lowest BCUT2D eigenvalue weighted by molar-refractivity contribution is 0.0473. The lowest BCUT2D eigenvalue weighted by Crippen LogP contribution is -2.15. The normalized spacial score (nSPS) is 11.7. The fourth-order valence-electron chi connectivity index (χ4n) is 0.813. The second-order valence-electron chi connectivity index (χ2n) is 3.14. The van der Waals surface area contributed by atoms with Crippen LogP contribution in [0, 0.1) is 0 Å². The summed E-state index contributed by atoms with van der Waals surface area (Å²) in [6.45, 7) is 2.00. The van der Waals surface area contributed by atoms with Crippen LogP contribution in [-0.2, 0) is 12.3 Å². The summed E-state index contributed by atoms with van der Waals surface area (Å²) in [4.78, 5) is 14.0. The first kappa shape index (κ1) is 9.85. The molecule has 0 saturated heterocycles. The molecule has 13 heavy (non-hydrogen) atoms. The smallest absolute Gasteiger partial charge is 0.226 e. The maximum Gasteiger partial charge on any atom is 0.226 e. The summed E-state index contributed by atoms with van der Waals surface area (Å²) in [5.41, 5.74) is -1.38. The molecule has 0 atom stereocenters. The predicted molar refractivity (Wildman–Crippen MR) is 41.9 cm³/mol. The molecule has 1 N–H and O–H groups in total. The number of rotatable bonds is 3. The Bertz CT molecular complexity index is 314. The number of oxazole rings is 1. The SMILES string of the molecule is CC(C)(O)c1nc(CF)c(C=O)o1. The van der Waals surface area contributed by atoms with Crippen molar-refractivity contribution in [1.29, 1.82) is 0 Å². The summed E-state index contributed by atoms with van der Waals surface area (Å²) in [6.07, 6.45) is 0.372. The number of hydrogen-bond donors (Lipinski definition) is 1. The monoisotopic (exact) mass is 187 g/mol. The minimum atomic E-state index is -1.30. The van der Waals surface area contributed by atoms with Gasteiger partial charge in [0.2, 0.25) is 5.89 Å². The number of nitrogens with zero attached hydrogens (tertiary/aromatic N) is 1. The molecule has 0 fully saturated rings. The Balaban J connectivity index is 3.14. The van der Waals surface area contributed by atoms with E-state index in [4.69, 9.17) is 4.42 Å². The van der Waals surface area contributed by atoms with Crippen LogP contribution in [-0.4, -0.2) is 16.4 Å². The Kier molecular flexibility index (Phi) is 2.47.